The molecule has 1 heterocycles. The molecule has 0 saturated carbocycles. The molecule has 0 radical (unpaired) electrons. The summed E-state index contributed by atoms with van der Waals surface area (Å²) in [6.45, 7) is 1.91. The molecule has 0 fully saturated rings. The van der Waals surface area contributed by atoms with Gasteiger partial charge in [-0.1, -0.05) is 30.3 Å². The third-order valence-corrected chi connectivity index (χ3v) is 3.06. The average Bonchev–Trinajstić information content (AvgIpc) is 2.49. The fourth-order valence-electron chi connectivity index (χ4n) is 2.00. The zero-order valence-corrected chi connectivity index (χ0v) is 11.3. The van der Waals surface area contributed by atoms with E-state index < -0.39 is 5.97 Å². The van der Waals surface area contributed by atoms with Crippen molar-refractivity contribution in [2.45, 2.75) is 6.92 Å². The van der Waals surface area contributed by atoms with Crippen LogP contribution in [0.4, 0.5) is 0 Å². The first-order valence-corrected chi connectivity index (χ1v) is 6.39. The average molecular weight is 280 g/mol. The minimum Gasteiger partial charge on any atom is -0.475 e. The summed E-state index contributed by atoms with van der Waals surface area (Å²) >= 11 is 0. The van der Waals surface area contributed by atoms with E-state index in [4.69, 9.17) is 9.84 Å². The molecule has 104 valence electrons. The summed E-state index contributed by atoms with van der Waals surface area (Å²) in [6.07, 6.45) is 0. The van der Waals surface area contributed by atoms with Crippen LogP contribution in [0, 0.1) is 6.92 Å². The molecule has 5 heteroatoms. The first-order chi connectivity index (χ1) is 10.1. The van der Waals surface area contributed by atoms with Crippen LogP contribution < -0.4 is 4.74 Å². The van der Waals surface area contributed by atoms with E-state index in [1.807, 2.05) is 37.3 Å². The topological polar surface area (TPSA) is 72.3 Å². The zero-order chi connectivity index (χ0) is 14.8. The monoisotopic (exact) mass is 280 g/mol. The van der Waals surface area contributed by atoms with Gasteiger partial charge >= 0.3 is 5.97 Å². The van der Waals surface area contributed by atoms with Crippen molar-refractivity contribution in [1.29, 1.82) is 0 Å². The number of aromatic carboxylic acids is 1. The van der Waals surface area contributed by atoms with Crippen LogP contribution in [0.1, 0.15) is 16.2 Å². The summed E-state index contributed by atoms with van der Waals surface area (Å²) in [5, 5.41) is 9.78. The summed E-state index contributed by atoms with van der Waals surface area (Å²) in [5.74, 6) is -0.585. The molecule has 0 spiro atoms. The smallest absolute Gasteiger partial charge is 0.374 e. The highest BCUT2D eigenvalue weighted by Crippen LogP contribution is 2.29. The highest BCUT2D eigenvalue weighted by atomic mass is 16.5. The second-order valence-electron chi connectivity index (χ2n) is 4.54. The number of carboxylic acid groups (broad SMARTS) is 1. The van der Waals surface area contributed by atoms with Crippen LogP contribution in [-0.2, 0) is 0 Å². The van der Waals surface area contributed by atoms with Gasteiger partial charge < -0.3 is 9.84 Å². The lowest BCUT2D eigenvalue weighted by Gasteiger charge is -2.10. The second kappa shape index (κ2) is 5.20. The van der Waals surface area contributed by atoms with Crippen molar-refractivity contribution in [1.82, 2.24) is 9.97 Å². The highest BCUT2D eigenvalue weighted by molar-refractivity contribution is 5.90. The molecule has 0 aliphatic carbocycles. The lowest BCUT2D eigenvalue weighted by atomic mass is 10.2. The molecule has 0 bridgehead atoms. The van der Waals surface area contributed by atoms with Crippen LogP contribution in [-0.4, -0.2) is 21.0 Å². The fraction of sp³-hybridized carbons (Fsp3) is 0.0625. The number of carboxylic acids is 1. The molecule has 1 aromatic heterocycles. The Morgan fingerprint density at radius 3 is 2.52 bits per heavy atom. The number of carbonyl (C=O) groups is 1. The number of rotatable bonds is 3. The van der Waals surface area contributed by atoms with E-state index in [1.165, 1.54) is 0 Å². The molecular weight excluding hydrogens is 268 g/mol. The van der Waals surface area contributed by atoms with Gasteiger partial charge in [0.05, 0.1) is 10.9 Å². The van der Waals surface area contributed by atoms with Gasteiger partial charge in [0.2, 0.25) is 11.7 Å². The maximum absolute atomic E-state index is 11.1. The predicted molar refractivity (Wildman–Crippen MR) is 77.8 cm³/mol. The van der Waals surface area contributed by atoms with Crippen LogP contribution in [0.25, 0.3) is 10.9 Å². The minimum atomic E-state index is -1.18. The molecule has 0 aliphatic heterocycles. The molecule has 1 N–H and O–H groups in total. The second-order valence-corrected chi connectivity index (χ2v) is 4.54. The van der Waals surface area contributed by atoms with Gasteiger partial charge in [0.15, 0.2) is 0 Å². The Morgan fingerprint density at radius 1 is 1.05 bits per heavy atom. The van der Waals surface area contributed by atoms with Crippen molar-refractivity contribution < 1.29 is 14.6 Å². The maximum Gasteiger partial charge on any atom is 0.374 e. The van der Waals surface area contributed by atoms with Gasteiger partial charge in [-0.3, -0.25) is 0 Å². The molecule has 0 atom stereocenters. The van der Waals surface area contributed by atoms with Gasteiger partial charge in [-0.15, -0.1) is 0 Å². The van der Waals surface area contributed by atoms with Gasteiger partial charge in [-0.25, -0.2) is 9.78 Å². The standard InChI is InChI=1S/C16H12N2O3/c1-10-6-2-5-9-13(10)21-15-11-7-3-4-8-12(11)17-14(18-15)16(19)20/h2-9H,1H3,(H,19,20). The number of nitrogens with zero attached hydrogens (tertiary/aromatic N) is 2. The van der Waals surface area contributed by atoms with Crippen LogP contribution in [0.5, 0.6) is 11.6 Å². The summed E-state index contributed by atoms with van der Waals surface area (Å²) in [5.41, 5.74) is 1.48. The summed E-state index contributed by atoms with van der Waals surface area (Å²) < 4.78 is 5.80. The Hall–Kier alpha value is -2.95. The van der Waals surface area contributed by atoms with Gasteiger partial charge in [0, 0.05) is 0 Å². The summed E-state index contributed by atoms with van der Waals surface area (Å²) in [7, 11) is 0. The molecule has 21 heavy (non-hydrogen) atoms. The maximum atomic E-state index is 11.1. The Labute approximate surface area is 120 Å². The fourth-order valence-corrected chi connectivity index (χ4v) is 2.00. The zero-order valence-electron chi connectivity index (χ0n) is 11.3. The number of para-hydroxylation sites is 2. The molecule has 2 aromatic carbocycles. The number of aryl methyl sites for hydroxylation is 1. The third-order valence-electron chi connectivity index (χ3n) is 3.06. The van der Waals surface area contributed by atoms with Crippen LogP contribution in [0.15, 0.2) is 48.5 Å². The van der Waals surface area contributed by atoms with Gasteiger partial charge in [-0.05, 0) is 30.7 Å². The van der Waals surface area contributed by atoms with E-state index in [0.717, 1.165) is 5.56 Å². The van der Waals surface area contributed by atoms with E-state index in [0.29, 0.717) is 16.7 Å². The quantitative estimate of drug-likeness (QED) is 0.795. The molecule has 0 aliphatic rings. The minimum absolute atomic E-state index is 0.243. The summed E-state index contributed by atoms with van der Waals surface area (Å²) in [6, 6.07) is 14.6. The van der Waals surface area contributed by atoms with E-state index >= 15 is 0 Å². The lowest BCUT2D eigenvalue weighted by Crippen LogP contribution is -2.06. The summed E-state index contributed by atoms with van der Waals surface area (Å²) in [4.78, 5) is 19.1. The molecule has 3 aromatic rings. The number of benzene rings is 2. The molecule has 0 amide bonds. The Balaban J connectivity index is 2.16. The normalized spacial score (nSPS) is 10.5. The lowest BCUT2D eigenvalue weighted by molar-refractivity contribution is 0.0683. The van der Waals surface area contributed by atoms with Crippen LogP contribution in [0.2, 0.25) is 0 Å². The largest absolute Gasteiger partial charge is 0.475 e. The number of fused-ring (bicyclic) bond motifs is 1. The molecule has 5 nitrogen and oxygen atoms in total. The van der Waals surface area contributed by atoms with Crippen LogP contribution in [0.3, 0.4) is 0 Å². The van der Waals surface area contributed by atoms with Crippen molar-refractivity contribution in [3.63, 3.8) is 0 Å². The van der Waals surface area contributed by atoms with Gasteiger partial charge in [-0.2, -0.15) is 4.98 Å². The molecule has 0 saturated heterocycles. The van der Waals surface area contributed by atoms with Crippen LogP contribution >= 0.6 is 0 Å². The first kappa shape index (κ1) is 13.1. The van der Waals surface area contributed by atoms with E-state index in [9.17, 15) is 4.79 Å². The number of hydrogen-bond acceptors (Lipinski definition) is 4. The number of hydrogen-bond donors (Lipinski definition) is 1. The molecular formula is C16H12N2O3. The molecule has 0 unspecified atom stereocenters. The van der Waals surface area contributed by atoms with Crippen molar-refractivity contribution in [2.24, 2.45) is 0 Å². The third kappa shape index (κ3) is 2.53. The van der Waals surface area contributed by atoms with Crippen molar-refractivity contribution in [3.8, 4) is 11.6 Å². The molecule has 3 rings (SSSR count). The highest BCUT2D eigenvalue weighted by Gasteiger charge is 2.14. The number of aromatic nitrogens is 2. The number of ether oxygens (including phenoxy) is 1. The van der Waals surface area contributed by atoms with Crippen molar-refractivity contribution in [2.75, 3.05) is 0 Å². The van der Waals surface area contributed by atoms with E-state index in [-0.39, 0.29) is 11.7 Å². The van der Waals surface area contributed by atoms with Crippen molar-refractivity contribution >= 4 is 16.9 Å². The Kier molecular flexibility index (Phi) is 3.23. The van der Waals surface area contributed by atoms with Crippen molar-refractivity contribution in [3.05, 3.63) is 59.9 Å². The SMILES string of the molecule is Cc1ccccc1Oc1nc(C(=O)O)nc2ccccc12. The van der Waals surface area contributed by atoms with Gasteiger partial charge in [0.1, 0.15) is 5.75 Å². The van der Waals surface area contributed by atoms with E-state index in [1.54, 1.807) is 18.2 Å². The Morgan fingerprint density at radius 2 is 1.76 bits per heavy atom. The Bertz CT molecular complexity index is 831. The van der Waals surface area contributed by atoms with E-state index in [2.05, 4.69) is 9.97 Å². The first-order valence-electron chi connectivity index (χ1n) is 6.39. The van der Waals surface area contributed by atoms with Gasteiger partial charge in [0.25, 0.3) is 0 Å². The predicted octanol–water partition coefficient (Wildman–Crippen LogP) is 3.43.